The average Bonchev–Trinajstić information content (AvgIpc) is 3.30. The van der Waals surface area contributed by atoms with Crippen molar-refractivity contribution in [2.45, 2.75) is 13.3 Å². The van der Waals surface area contributed by atoms with Crippen LogP contribution >= 0.6 is 15.9 Å². The van der Waals surface area contributed by atoms with Gasteiger partial charge in [0, 0.05) is 22.6 Å². The molecule has 0 unspecified atom stereocenters. The molecule has 0 saturated heterocycles. The average molecular weight is 532 g/mol. The molecule has 2 N–H and O–H groups in total. The van der Waals surface area contributed by atoms with Gasteiger partial charge in [0.1, 0.15) is 12.4 Å². The quantitative estimate of drug-likeness (QED) is 0.284. The fourth-order valence-corrected chi connectivity index (χ4v) is 4.00. The highest BCUT2D eigenvalue weighted by atomic mass is 79.9. The van der Waals surface area contributed by atoms with Crippen molar-refractivity contribution in [1.29, 1.82) is 0 Å². The van der Waals surface area contributed by atoms with Gasteiger partial charge in [-0.05, 0) is 46.6 Å². The van der Waals surface area contributed by atoms with Crippen LogP contribution in [0.15, 0.2) is 95.5 Å². The Balaban J connectivity index is 1.54. The first-order valence-electron chi connectivity index (χ1n) is 11.4. The Bertz CT molecular complexity index is 1290. The van der Waals surface area contributed by atoms with E-state index in [4.69, 9.17) is 5.10 Å². The Morgan fingerprint density at radius 1 is 0.914 bits per heavy atom. The van der Waals surface area contributed by atoms with Crippen molar-refractivity contribution in [2.24, 2.45) is 0 Å². The summed E-state index contributed by atoms with van der Waals surface area (Å²) in [5.74, 6) is 0.222. The largest absolute Gasteiger partial charge is 0.322 e. The van der Waals surface area contributed by atoms with Crippen molar-refractivity contribution in [3.63, 3.8) is 0 Å². The first-order valence-corrected chi connectivity index (χ1v) is 12.2. The third-order valence-electron chi connectivity index (χ3n) is 5.28. The van der Waals surface area contributed by atoms with Crippen LogP contribution < -0.4 is 10.6 Å². The fourth-order valence-electron chi connectivity index (χ4n) is 3.62. The fraction of sp³-hybridized carbons (Fsp3) is 0.148. The minimum atomic E-state index is -0.338. The topological polar surface area (TPSA) is 79.3 Å². The molecule has 8 heteroatoms. The Morgan fingerprint density at radius 3 is 2.26 bits per heavy atom. The first kappa shape index (κ1) is 24.2. The van der Waals surface area contributed by atoms with E-state index in [0.717, 1.165) is 27.8 Å². The van der Waals surface area contributed by atoms with Crippen LogP contribution in [0.25, 0.3) is 16.9 Å². The van der Waals surface area contributed by atoms with Gasteiger partial charge in [-0.2, -0.15) is 5.10 Å². The second-order valence-electron chi connectivity index (χ2n) is 7.91. The van der Waals surface area contributed by atoms with Crippen molar-refractivity contribution >= 4 is 39.4 Å². The number of nitrogens with one attached hydrogen (secondary N) is 2. The van der Waals surface area contributed by atoms with Crippen molar-refractivity contribution in [2.75, 3.05) is 23.7 Å². The highest BCUT2D eigenvalue weighted by Crippen LogP contribution is 2.25. The number of hydrogen-bond acceptors (Lipinski definition) is 3. The molecule has 35 heavy (non-hydrogen) atoms. The summed E-state index contributed by atoms with van der Waals surface area (Å²) in [5, 5.41) is 10.5. The van der Waals surface area contributed by atoms with E-state index in [2.05, 4.69) is 26.6 Å². The van der Waals surface area contributed by atoms with Crippen LogP contribution in [0.2, 0.25) is 0 Å². The zero-order valence-corrected chi connectivity index (χ0v) is 20.9. The number of benzene rings is 3. The molecule has 0 spiro atoms. The van der Waals surface area contributed by atoms with Crippen molar-refractivity contribution in [3.05, 3.63) is 95.5 Å². The van der Waals surface area contributed by atoms with E-state index in [1.54, 1.807) is 10.7 Å². The maximum atomic E-state index is 13.1. The van der Waals surface area contributed by atoms with Crippen LogP contribution in [-0.4, -0.2) is 39.7 Å². The second kappa shape index (κ2) is 11.5. The SMILES string of the molecule is CCCN(CC(=O)Nc1cc(-c2ccccc2)nn1-c1ccccc1)C(=O)Nc1ccccc1Br. The van der Waals surface area contributed by atoms with Crippen LogP contribution in [0, 0.1) is 0 Å². The van der Waals surface area contributed by atoms with Crippen LogP contribution in [0.4, 0.5) is 16.3 Å². The zero-order chi connectivity index (χ0) is 24.6. The van der Waals surface area contributed by atoms with Gasteiger partial charge in [-0.1, -0.05) is 67.6 Å². The molecule has 178 valence electrons. The predicted octanol–water partition coefficient (Wildman–Crippen LogP) is 6.18. The van der Waals surface area contributed by atoms with Crippen molar-refractivity contribution < 1.29 is 9.59 Å². The number of carbonyl (C=O) groups is 2. The first-order chi connectivity index (χ1) is 17.0. The van der Waals surface area contributed by atoms with Crippen LogP contribution in [0.5, 0.6) is 0 Å². The maximum absolute atomic E-state index is 13.1. The standard InChI is InChI=1S/C27H26BrN5O2/c1-2-17-32(27(35)29-23-16-10-9-15-22(23)28)19-26(34)30-25-18-24(20-11-5-3-6-12-20)31-33(25)21-13-7-4-8-14-21/h3-16,18H,2,17,19H2,1H3,(H,29,35)(H,30,34). The highest BCUT2D eigenvalue weighted by Gasteiger charge is 2.20. The van der Waals surface area contributed by atoms with Gasteiger partial charge >= 0.3 is 6.03 Å². The molecule has 0 aliphatic carbocycles. The third kappa shape index (κ3) is 6.16. The Morgan fingerprint density at radius 2 is 1.57 bits per heavy atom. The van der Waals surface area contributed by atoms with Gasteiger partial charge in [0.15, 0.2) is 0 Å². The number of aromatic nitrogens is 2. The highest BCUT2D eigenvalue weighted by molar-refractivity contribution is 9.10. The summed E-state index contributed by atoms with van der Waals surface area (Å²) in [6, 6.07) is 28.2. The minimum absolute atomic E-state index is 0.0925. The molecule has 1 aromatic heterocycles. The van der Waals surface area contributed by atoms with E-state index >= 15 is 0 Å². The summed E-state index contributed by atoms with van der Waals surface area (Å²) in [5.41, 5.74) is 3.15. The predicted molar refractivity (Wildman–Crippen MR) is 143 cm³/mol. The molecule has 7 nitrogen and oxygen atoms in total. The number of urea groups is 1. The van der Waals surface area contributed by atoms with Crippen LogP contribution in [0.3, 0.4) is 0 Å². The van der Waals surface area contributed by atoms with Crippen LogP contribution in [0.1, 0.15) is 13.3 Å². The molecular weight excluding hydrogens is 506 g/mol. The van der Waals surface area contributed by atoms with Gasteiger partial charge in [-0.3, -0.25) is 4.79 Å². The Kier molecular flexibility index (Phi) is 7.95. The van der Waals surface area contributed by atoms with Gasteiger partial charge < -0.3 is 15.5 Å². The molecule has 3 amide bonds. The monoisotopic (exact) mass is 531 g/mol. The Labute approximate surface area is 212 Å². The van der Waals surface area contributed by atoms with Crippen molar-refractivity contribution in [1.82, 2.24) is 14.7 Å². The number of amides is 3. The molecule has 0 aliphatic heterocycles. The molecule has 4 aromatic rings. The molecular formula is C27H26BrN5O2. The number of carbonyl (C=O) groups excluding carboxylic acids is 2. The van der Waals surface area contributed by atoms with Gasteiger partial charge in [0.2, 0.25) is 5.91 Å². The molecule has 0 radical (unpaired) electrons. The maximum Gasteiger partial charge on any atom is 0.322 e. The lowest BCUT2D eigenvalue weighted by molar-refractivity contribution is -0.116. The lowest BCUT2D eigenvalue weighted by Crippen LogP contribution is -2.41. The number of para-hydroxylation sites is 2. The number of rotatable bonds is 8. The van der Waals surface area contributed by atoms with E-state index in [1.165, 1.54) is 4.90 Å². The number of nitrogens with zero attached hydrogens (tertiary/aromatic N) is 3. The third-order valence-corrected chi connectivity index (χ3v) is 5.97. The molecule has 3 aromatic carbocycles. The van der Waals surface area contributed by atoms with Gasteiger partial charge in [0.25, 0.3) is 0 Å². The molecule has 0 bridgehead atoms. The normalized spacial score (nSPS) is 10.6. The molecule has 0 fully saturated rings. The molecule has 0 atom stereocenters. The number of hydrogen-bond donors (Lipinski definition) is 2. The van der Waals surface area contributed by atoms with Gasteiger partial charge in [-0.15, -0.1) is 0 Å². The second-order valence-corrected chi connectivity index (χ2v) is 8.76. The molecule has 0 saturated carbocycles. The summed E-state index contributed by atoms with van der Waals surface area (Å²) in [7, 11) is 0. The zero-order valence-electron chi connectivity index (χ0n) is 19.3. The smallest absolute Gasteiger partial charge is 0.315 e. The van der Waals surface area contributed by atoms with E-state index in [-0.39, 0.29) is 18.5 Å². The summed E-state index contributed by atoms with van der Waals surface area (Å²) < 4.78 is 2.47. The molecule has 0 aliphatic rings. The lowest BCUT2D eigenvalue weighted by Gasteiger charge is -2.22. The summed E-state index contributed by atoms with van der Waals surface area (Å²) >= 11 is 3.44. The summed E-state index contributed by atoms with van der Waals surface area (Å²) in [4.78, 5) is 27.5. The van der Waals surface area contributed by atoms with E-state index in [0.29, 0.717) is 18.1 Å². The van der Waals surface area contributed by atoms with E-state index in [1.807, 2.05) is 91.9 Å². The van der Waals surface area contributed by atoms with Crippen LogP contribution in [-0.2, 0) is 4.79 Å². The minimum Gasteiger partial charge on any atom is -0.315 e. The molecule has 1 heterocycles. The summed E-state index contributed by atoms with van der Waals surface area (Å²) in [6.45, 7) is 2.31. The van der Waals surface area contributed by atoms with E-state index < -0.39 is 0 Å². The van der Waals surface area contributed by atoms with Gasteiger partial charge in [0.05, 0.1) is 17.1 Å². The van der Waals surface area contributed by atoms with Gasteiger partial charge in [-0.25, -0.2) is 9.48 Å². The van der Waals surface area contributed by atoms with E-state index in [9.17, 15) is 9.59 Å². The van der Waals surface area contributed by atoms with Crippen molar-refractivity contribution in [3.8, 4) is 16.9 Å². The number of halogens is 1. The molecule has 4 rings (SSSR count). The number of anilines is 2. The lowest BCUT2D eigenvalue weighted by atomic mass is 10.1. The Hall–Kier alpha value is -3.91. The summed E-state index contributed by atoms with van der Waals surface area (Å²) in [6.07, 6.45) is 0.719.